The molecule has 43 heavy (non-hydrogen) atoms. The Kier molecular flexibility index (Phi) is 8.10. The van der Waals surface area contributed by atoms with E-state index >= 15 is 0 Å². The normalized spacial score (nSPS) is 12.8. The number of nitrogens with one attached hydrogen (secondary N) is 1. The predicted molar refractivity (Wildman–Crippen MR) is 166 cm³/mol. The van der Waals surface area contributed by atoms with Gasteiger partial charge >= 0.3 is 0 Å². The summed E-state index contributed by atoms with van der Waals surface area (Å²) in [5.74, 6) is -0.180. The third-order valence-corrected chi connectivity index (χ3v) is 7.34. The number of nitrogens with zero attached hydrogens (tertiary/aromatic N) is 6. The topological polar surface area (TPSA) is 115 Å². The number of unbranched alkanes of at least 4 members (excludes halogenated alkanes) is 1. The maximum atomic E-state index is 12.4. The molecule has 11 heteroatoms. The first-order chi connectivity index (χ1) is 20.9. The average molecular weight is 594 g/mol. The number of hydrogen-bond donors (Lipinski definition) is 1. The molecule has 6 rings (SSSR count). The SMILES string of the molecule is Cc1ccc2c(c1)C(=O)C(=O)N2CCCCn1cc(COc2ccc(/C=N/Nc3ccnc4cc(Cl)ccc34)cc2)nn1. The molecule has 0 unspecified atom stereocenters. The minimum atomic E-state index is -0.456. The van der Waals surface area contributed by atoms with E-state index in [0.717, 1.165) is 40.6 Å². The van der Waals surface area contributed by atoms with Crippen molar-refractivity contribution in [3.8, 4) is 5.75 Å². The number of anilines is 2. The van der Waals surface area contributed by atoms with Crippen LogP contribution in [0.3, 0.4) is 0 Å². The van der Waals surface area contributed by atoms with E-state index in [0.29, 0.717) is 40.8 Å². The first kappa shape index (κ1) is 28.0. The molecule has 3 aromatic carbocycles. The number of pyridine rings is 1. The summed E-state index contributed by atoms with van der Waals surface area (Å²) < 4.78 is 7.64. The number of fused-ring (bicyclic) bond motifs is 2. The van der Waals surface area contributed by atoms with Crippen LogP contribution in [0, 0.1) is 6.92 Å². The molecular formula is C32H28ClN7O3. The molecule has 216 valence electrons. The zero-order valence-corrected chi connectivity index (χ0v) is 24.2. The van der Waals surface area contributed by atoms with Crippen molar-refractivity contribution in [2.75, 3.05) is 16.9 Å². The Morgan fingerprint density at radius 1 is 1.00 bits per heavy atom. The van der Waals surface area contributed by atoms with E-state index in [1.54, 1.807) is 28.1 Å². The fraction of sp³-hybridized carbons (Fsp3) is 0.188. The van der Waals surface area contributed by atoms with E-state index in [2.05, 4.69) is 25.8 Å². The second-order valence-electron chi connectivity index (χ2n) is 10.2. The lowest BCUT2D eigenvalue weighted by Crippen LogP contribution is -2.30. The Bertz CT molecular complexity index is 1840. The molecule has 0 saturated heterocycles. The van der Waals surface area contributed by atoms with Gasteiger partial charge in [0.25, 0.3) is 11.7 Å². The standard InChI is InChI=1S/C32H28ClN7O3/c1-21-4-11-30-27(16-21)31(41)32(42)40(30)15-3-2-14-39-19-24(36-38-39)20-43-25-8-5-22(6-9-25)18-35-37-28-12-13-34-29-17-23(33)7-10-26(28)29/h4-13,16-19H,2-3,14-15,20H2,1H3,(H,34,37)/b35-18+. The van der Waals surface area contributed by atoms with Gasteiger partial charge in [-0.1, -0.05) is 28.4 Å². The summed E-state index contributed by atoms with van der Waals surface area (Å²) in [4.78, 5) is 30.6. The number of carbonyl (C=O) groups excluding carboxylic acids is 2. The Morgan fingerprint density at radius 3 is 2.70 bits per heavy atom. The van der Waals surface area contributed by atoms with Crippen molar-refractivity contribution in [1.29, 1.82) is 0 Å². The minimum absolute atomic E-state index is 0.286. The lowest BCUT2D eigenvalue weighted by Gasteiger charge is -2.16. The summed E-state index contributed by atoms with van der Waals surface area (Å²) in [7, 11) is 0. The van der Waals surface area contributed by atoms with Gasteiger partial charge in [0.15, 0.2) is 0 Å². The molecule has 0 radical (unpaired) electrons. The average Bonchev–Trinajstić information content (AvgIpc) is 3.56. The second kappa shape index (κ2) is 12.4. The molecule has 0 aliphatic carbocycles. The molecule has 0 saturated carbocycles. The Labute approximate surface area is 252 Å². The monoisotopic (exact) mass is 593 g/mol. The number of rotatable bonds is 11. The largest absolute Gasteiger partial charge is 0.487 e. The molecule has 10 nitrogen and oxygen atoms in total. The highest BCUT2D eigenvalue weighted by Gasteiger charge is 2.35. The van der Waals surface area contributed by atoms with E-state index in [1.165, 1.54) is 0 Å². The van der Waals surface area contributed by atoms with Gasteiger partial charge in [0.2, 0.25) is 0 Å². The summed E-state index contributed by atoms with van der Waals surface area (Å²) in [6, 6.07) is 20.5. The predicted octanol–water partition coefficient (Wildman–Crippen LogP) is 5.82. The van der Waals surface area contributed by atoms with Crippen molar-refractivity contribution in [2.24, 2.45) is 5.10 Å². The maximum absolute atomic E-state index is 12.4. The summed E-state index contributed by atoms with van der Waals surface area (Å²) in [5, 5.41) is 14.3. The van der Waals surface area contributed by atoms with Crippen LogP contribution in [-0.4, -0.2) is 44.4 Å². The van der Waals surface area contributed by atoms with E-state index in [1.807, 2.05) is 73.8 Å². The molecule has 0 fully saturated rings. The highest BCUT2D eigenvalue weighted by atomic mass is 35.5. The minimum Gasteiger partial charge on any atom is -0.487 e. The number of aryl methyl sites for hydroxylation is 2. The zero-order valence-electron chi connectivity index (χ0n) is 23.4. The lowest BCUT2D eigenvalue weighted by atomic mass is 10.1. The van der Waals surface area contributed by atoms with E-state index in [9.17, 15) is 9.59 Å². The van der Waals surface area contributed by atoms with Crippen molar-refractivity contribution < 1.29 is 14.3 Å². The van der Waals surface area contributed by atoms with Crippen molar-refractivity contribution in [3.63, 3.8) is 0 Å². The molecule has 0 bridgehead atoms. The smallest absolute Gasteiger partial charge is 0.299 e. The van der Waals surface area contributed by atoms with Crippen molar-refractivity contribution in [3.05, 3.63) is 107 Å². The Morgan fingerprint density at radius 2 is 1.84 bits per heavy atom. The fourth-order valence-corrected chi connectivity index (χ4v) is 5.06. The van der Waals surface area contributed by atoms with Crippen LogP contribution in [-0.2, 0) is 17.9 Å². The van der Waals surface area contributed by atoms with Gasteiger partial charge in [0.05, 0.1) is 34.9 Å². The number of halogens is 1. The third-order valence-electron chi connectivity index (χ3n) is 7.10. The van der Waals surface area contributed by atoms with Crippen LogP contribution in [0.2, 0.25) is 5.02 Å². The van der Waals surface area contributed by atoms with Crippen molar-refractivity contribution in [1.82, 2.24) is 20.0 Å². The lowest BCUT2D eigenvalue weighted by molar-refractivity contribution is -0.114. The summed E-state index contributed by atoms with van der Waals surface area (Å²) in [6.07, 6.45) is 6.81. The van der Waals surface area contributed by atoms with Gasteiger partial charge in [-0.25, -0.2) is 0 Å². The van der Waals surface area contributed by atoms with Crippen LogP contribution in [0.1, 0.15) is 40.0 Å². The summed E-state index contributed by atoms with van der Waals surface area (Å²) >= 11 is 6.06. The van der Waals surface area contributed by atoms with Gasteiger partial charge < -0.3 is 9.64 Å². The number of benzene rings is 3. The van der Waals surface area contributed by atoms with E-state index in [-0.39, 0.29) is 6.61 Å². The molecule has 0 spiro atoms. The highest BCUT2D eigenvalue weighted by molar-refractivity contribution is 6.52. The second-order valence-corrected chi connectivity index (χ2v) is 10.7. The van der Waals surface area contributed by atoms with Crippen LogP contribution in [0.4, 0.5) is 11.4 Å². The number of ketones is 1. The van der Waals surface area contributed by atoms with Gasteiger partial charge in [-0.05, 0) is 86.0 Å². The first-order valence-electron chi connectivity index (χ1n) is 13.9. The number of amides is 1. The van der Waals surface area contributed by atoms with E-state index < -0.39 is 11.7 Å². The Balaban J connectivity index is 0.948. The van der Waals surface area contributed by atoms with Gasteiger partial charge in [-0.2, -0.15) is 5.10 Å². The molecule has 1 N–H and O–H groups in total. The maximum Gasteiger partial charge on any atom is 0.299 e. The Hall–Kier alpha value is -5.09. The van der Waals surface area contributed by atoms with Gasteiger partial charge in [-0.15, -0.1) is 5.10 Å². The summed E-state index contributed by atoms with van der Waals surface area (Å²) in [6.45, 7) is 3.33. The third kappa shape index (κ3) is 6.39. The number of carbonyl (C=O) groups is 2. The molecule has 0 atom stereocenters. The first-order valence-corrected chi connectivity index (χ1v) is 14.2. The molecule has 1 aliphatic rings. The molecule has 5 aromatic rings. The van der Waals surface area contributed by atoms with Gasteiger partial charge in [-0.3, -0.25) is 24.7 Å². The van der Waals surface area contributed by atoms with Gasteiger partial charge in [0.1, 0.15) is 18.1 Å². The van der Waals surface area contributed by atoms with Crippen molar-refractivity contribution >= 4 is 51.8 Å². The molecular weight excluding hydrogens is 566 g/mol. The van der Waals surface area contributed by atoms with Gasteiger partial charge in [0, 0.05) is 29.7 Å². The quantitative estimate of drug-likeness (QED) is 0.0887. The molecule has 3 heterocycles. The molecule has 1 amide bonds. The van der Waals surface area contributed by atoms with Crippen LogP contribution in [0.15, 0.2) is 84.2 Å². The molecule has 1 aliphatic heterocycles. The zero-order chi connectivity index (χ0) is 29.8. The number of hydrazone groups is 1. The number of hydrogen-bond acceptors (Lipinski definition) is 8. The van der Waals surface area contributed by atoms with Crippen LogP contribution < -0.4 is 15.1 Å². The molecule has 2 aromatic heterocycles. The number of Topliss-reactive ketones (excluding diaryl/α,β-unsaturated/α-hetero) is 1. The van der Waals surface area contributed by atoms with Crippen molar-refractivity contribution in [2.45, 2.75) is 32.9 Å². The van der Waals surface area contributed by atoms with E-state index in [4.69, 9.17) is 16.3 Å². The number of aromatic nitrogens is 4. The fourth-order valence-electron chi connectivity index (χ4n) is 4.90. The highest BCUT2D eigenvalue weighted by Crippen LogP contribution is 2.30. The number of ether oxygens (including phenoxy) is 1. The van der Waals surface area contributed by atoms with Crippen LogP contribution >= 0.6 is 11.6 Å². The van der Waals surface area contributed by atoms with Crippen LogP contribution in [0.25, 0.3) is 10.9 Å². The van der Waals surface area contributed by atoms with Crippen LogP contribution in [0.5, 0.6) is 5.75 Å². The summed E-state index contributed by atoms with van der Waals surface area (Å²) in [5.41, 5.74) is 8.48.